The number of aryl methyl sites for hydroxylation is 2. The number of benzene rings is 1. The lowest BCUT2D eigenvalue weighted by atomic mass is 10.1. The first-order valence-electron chi connectivity index (χ1n) is 7.78. The van der Waals surface area contributed by atoms with Crippen LogP contribution in [-0.4, -0.2) is 41.2 Å². The Kier molecular flexibility index (Phi) is 4.73. The second-order valence-corrected chi connectivity index (χ2v) is 6.37. The van der Waals surface area contributed by atoms with Gasteiger partial charge in [0.25, 0.3) is 5.69 Å². The minimum absolute atomic E-state index is 0.0146. The molecule has 1 fully saturated rings. The maximum absolute atomic E-state index is 10.8. The molecular weight excluding hydrogens is 332 g/mol. The third-order valence-electron chi connectivity index (χ3n) is 4.42. The molecule has 1 aliphatic heterocycles. The fourth-order valence-electron chi connectivity index (χ4n) is 2.96. The van der Waals surface area contributed by atoms with Crippen molar-refractivity contribution in [2.24, 2.45) is 0 Å². The predicted molar refractivity (Wildman–Crippen MR) is 91.6 cm³/mol. The van der Waals surface area contributed by atoms with E-state index < -0.39 is 4.92 Å². The maximum atomic E-state index is 10.8. The molecule has 0 bridgehead atoms. The van der Waals surface area contributed by atoms with Gasteiger partial charge in [-0.05, 0) is 19.9 Å². The molecule has 0 saturated carbocycles. The molecule has 0 radical (unpaired) electrons. The molecule has 128 valence electrons. The van der Waals surface area contributed by atoms with Gasteiger partial charge in [-0.1, -0.05) is 16.8 Å². The predicted octanol–water partition coefficient (Wildman–Crippen LogP) is 3.18. The Labute approximate surface area is 144 Å². The molecule has 1 saturated heterocycles. The molecule has 0 atom stereocenters. The standard InChI is InChI=1S/C16H19ClN4O3/c1-11-14(12(2)24-18-11)10-19-5-7-20(8-6-19)16-4-3-13(21(22)23)9-15(16)17/h3-4,9H,5-8,10H2,1-2H3. The van der Waals surface area contributed by atoms with E-state index in [0.29, 0.717) is 5.02 Å². The maximum Gasteiger partial charge on any atom is 0.271 e. The summed E-state index contributed by atoms with van der Waals surface area (Å²) in [5.74, 6) is 0.869. The van der Waals surface area contributed by atoms with Gasteiger partial charge in [0.15, 0.2) is 0 Å². The van der Waals surface area contributed by atoms with E-state index in [1.54, 1.807) is 6.07 Å². The molecule has 1 aromatic heterocycles. The van der Waals surface area contributed by atoms with E-state index >= 15 is 0 Å². The van der Waals surface area contributed by atoms with Crippen LogP contribution in [0.4, 0.5) is 11.4 Å². The zero-order chi connectivity index (χ0) is 17.3. The number of piperazine rings is 1. The number of hydrogen-bond acceptors (Lipinski definition) is 6. The van der Waals surface area contributed by atoms with E-state index in [-0.39, 0.29) is 5.69 Å². The summed E-state index contributed by atoms with van der Waals surface area (Å²) in [6.07, 6.45) is 0. The van der Waals surface area contributed by atoms with Crippen LogP contribution in [0.1, 0.15) is 17.0 Å². The summed E-state index contributed by atoms with van der Waals surface area (Å²) in [5.41, 5.74) is 2.95. The number of nitro groups is 1. The number of aromatic nitrogens is 1. The van der Waals surface area contributed by atoms with Crippen LogP contribution in [0.3, 0.4) is 0 Å². The first kappa shape index (κ1) is 16.7. The summed E-state index contributed by atoms with van der Waals surface area (Å²) in [4.78, 5) is 14.9. The Morgan fingerprint density at radius 3 is 2.54 bits per heavy atom. The summed E-state index contributed by atoms with van der Waals surface area (Å²) in [7, 11) is 0. The van der Waals surface area contributed by atoms with Gasteiger partial charge in [-0.2, -0.15) is 0 Å². The summed E-state index contributed by atoms with van der Waals surface area (Å²) in [5, 5.41) is 15.2. The van der Waals surface area contributed by atoms with Crippen LogP contribution in [0.15, 0.2) is 22.7 Å². The Morgan fingerprint density at radius 1 is 1.29 bits per heavy atom. The van der Waals surface area contributed by atoms with Gasteiger partial charge in [0.1, 0.15) is 5.76 Å². The van der Waals surface area contributed by atoms with Crippen molar-refractivity contribution in [2.75, 3.05) is 31.1 Å². The molecule has 0 spiro atoms. The number of halogens is 1. The topological polar surface area (TPSA) is 75.7 Å². The van der Waals surface area contributed by atoms with Gasteiger partial charge in [0, 0.05) is 50.4 Å². The van der Waals surface area contributed by atoms with Crippen molar-refractivity contribution in [1.82, 2.24) is 10.1 Å². The Morgan fingerprint density at radius 2 is 2.00 bits per heavy atom. The van der Waals surface area contributed by atoms with Crippen LogP contribution in [0.25, 0.3) is 0 Å². The molecule has 0 amide bonds. The summed E-state index contributed by atoms with van der Waals surface area (Å²) < 4.78 is 5.21. The SMILES string of the molecule is Cc1noc(C)c1CN1CCN(c2ccc([N+](=O)[O-])cc2Cl)CC1. The van der Waals surface area contributed by atoms with Crippen LogP contribution in [0, 0.1) is 24.0 Å². The fraction of sp³-hybridized carbons (Fsp3) is 0.438. The van der Waals surface area contributed by atoms with E-state index in [1.807, 2.05) is 13.8 Å². The molecule has 24 heavy (non-hydrogen) atoms. The van der Waals surface area contributed by atoms with Gasteiger partial charge in [-0.25, -0.2) is 0 Å². The van der Waals surface area contributed by atoms with Gasteiger partial charge in [-0.15, -0.1) is 0 Å². The van der Waals surface area contributed by atoms with Crippen LogP contribution < -0.4 is 4.90 Å². The molecular formula is C16H19ClN4O3. The number of anilines is 1. The van der Waals surface area contributed by atoms with Gasteiger partial charge < -0.3 is 9.42 Å². The van der Waals surface area contributed by atoms with Crippen LogP contribution in [0.5, 0.6) is 0 Å². The second kappa shape index (κ2) is 6.78. The Bertz CT molecular complexity index is 734. The third kappa shape index (κ3) is 3.37. The number of rotatable bonds is 4. The van der Waals surface area contributed by atoms with Gasteiger partial charge in [0.05, 0.1) is 21.3 Å². The van der Waals surface area contributed by atoms with Gasteiger partial charge in [0.2, 0.25) is 0 Å². The van der Waals surface area contributed by atoms with E-state index in [4.69, 9.17) is 16.1 Å². The highest BCUT2D eigenvalue weighted by atomic mass is 35.5. The summed E-state index contributed by atoms with van der Waals surface area (Å²) >= 11 is 6.22. The molecule has 8 heteroatoms. The highest BCUT2D eigenvalue weighted by Gasteiger charge is 2.22. The van der Waals surface area contributed by atoms with E-state index in [1.165, 1.54) is 12.1 Å². The average Bonchev–Trinajstić information content (AvgIpc) is 2.87. The first-order valence-corrected chi connectivity index (χ1v) is 8.16. The summed E-state index contributed by atoms with van der Waals surface area (Å²) in [6.45, 7) is 8.13. The molecule has 0 aliphatic carbocycles. The molecule has 0 N–H and O–H groups in total. The highest BCUT2D eigenvalue weighted by Crippen LogP contribution is 2.30. The molecule has 0 unspecified atom stereocenters. The highest BCUT2D eigenvalue weighted by molar-refractivity contribution is 6.33. The van der Waals surface area contributed by atoms with E-state index in [2.05, 4.69) is 15.0 Å². The third-order valence-corrected chi connectivity index (χ3v) is 4.72. The number of nitro benzene ring substituents is 1. The van der Waals surface area contributed by atoms with Crippen LogP contribution in [-0.2, 0) is 6.54 Å². The van der Waals surface area contributed by atoms with Crippen molar-refractivity contribution < 1.29 is 9.45 Å². The van der Waals surface area contributed by atoms with Gasteiger partial charge in [-0.3, -0.25) is 15.0 Å². The van der Waals surface area contributed by atoms with Crippen molar-refractivity contribution in [3.05, 3.63) is 50.4 Å². The molecule has 2 heterocycles. The molecule has 3 rings (SSSR count). The lowest BCUT2D eigenvalue weighted by Gasteiger charge is -2.36. The summed E-state index contributed by atoms with van der Waals surface area (Å²) in [6, 6.07) is 4.63. The lowest BCUT2D eigenvalue weighted by molar-refractivity contribution is -0.384. The molecule has 2 aromatic rings. The van der Waals surface area contributed by atoms with Crippen molar-refractivity contribution >= 4 is 23.0 Å². The van der Waals surface area contributed by atoms with E-state index in [0.717, 1.165) is 55.4 Å². The largest absolute Gasteiger partial charge is 0.368 e. The fourth-order valence-corrected chi connectivity index (χ4v) is 3.26. The molecule has 1 aliphatic rings. The van der Waals surface area contributed by atoms with E-state index in [9.17, 15) is 10.1 Å². The number of nitrogens with zero attached hydrogens (tertiary/aromatic N) is 4. The molecule has 7 nitrogen and oxygen atoms in total. The zero-order valence-corrected chi connectivity index (χ0v) is 14.4. The van der Waals surface area contributed by atoms with Crippen molar-refractivity contribution in [3.63, 3.8) is 0 Å². The molecule has 1 aromatic carbocycles. The quantitative estimate of drug-likeness (QED) is 0.622. The lowest BCUT2D eigenvalue weighted by Crippen LogP contribution is -2.46. The monoisotopic (exact) mass is 350 g/mol. The zero-order valence-electron chi connectivity index (χ0n) is 13.7. The first-order chi connectivity index (χ1) is 11.5. The normalized spacial score (nSPS) is 15.7. The smallest absolute Gasteiger partial charge is 0.271 e. The van der Waals surface area contributed by atoms with Crippen LogP contribution in [0.2, 0.25) is 5.02 Å². The average molecular weight is 351 g/mol. The van der Waals surface area contributed by atoms with Crippen molar-refractivity contribution in [1.29, 1.82) is 0 Å². The second-order valence-electron chi connectivity index (χ2n) is 5.96. The number of non-ortho nitro benzene ring substituents is 1. The minimum Gasteiger partial charge on any atom is -0.368 e. The van der Waals surface area contributed by atoms with Crippen LogP contribution >= 0.6 is 11.6 Å². The number of hydrogen-bond donors (Lipinski definition) is 0. The Balaban J connectivity index is 1.64. The van der Waals surface area contributed by atoms with Crippen molar-refractivity contribution in [3.8, 4) is 0 Å². The van der Waals surface area contributed by atoms with Crippen molar-refractivity contribution in [2.45, 2.75) is 20.4 Å². The Hall–Kier alpha value is -2.12. The minimum atomic E-state index is -0.433. The van der Waals surface area contributed by atoms with Gasteiger partial charge >= 0.3 is 0 Å².